The zero-order chi connectivity index (χ0) is 21.0. The fraction of sp³-hybridized carbons (Fsp3) is 0.300. The van der Waals surface area contributed by atoms with Gasteiger partial charge in [-0.05, 0) is 42.3 Å². The molecule has 9 heteroatoms. The van der Waals surface area contributed by atoms with Gasteiger partial charge in [0.1, 0.15) is 0 Å². The quantitative estimate of drug-likeness (QED) is 0.641. The van der Waals surface area contributed by atoms with Crippen molar-refractivity contribution in [1.82, 2.24) is 5.32 Å². The first-order chi connectivity index (χ1) is 13.8. The summed E-state index contributed by atoms with van der Waals surface area (Å²) in [6.45, 7) is 0.400. The van der Waals surface area contributed by atoms with Crippen LogP contribution in [0, 0.1) is 0 Å². The molecule has 1 heterocycles. The molecule has 7 nitrogen and oxygen atoms in total. The second-order valence-corrected chi connectivity index (χ2v) is 9.58. The minimum Gasteiger partial charge on any atom is -0.469 e. The molecule has 0 spiro atoms. The standard InChI is InChI=1S/C20H21BrN2O5S/c1-28-19(24)13-18(14-6-8-16(21)9-7-14)22-20(25)15-4-2-5-17(12-15)23-10-3-11-29(23,26)27/h2,4-9,12,18H,3,10-11,13H2,1H3,(H,22,25)/t18-/m0/s1. The molecular weight excluding hydrogens is 460 g/mol. The van der Waals surface area contributed by atoms with Crippen LogP contribution in [0.3, 0.4) is 0 Å². The van der Waals surface area contributed by atoms with Crippen molar-refractivity contribution >= 4 is 43.5 Å². The van der Waals surface area contributed by atoms with Gasteiger partial charge in [-0.3, -0.25) is 13.9 Å². The molecule has 1 saturated heterocycles. The lowest BCUT2D eigenvalue weighted by molar-refractivity contribution is -0.141. The predicted molar refractivity (Wildman–Crippen MR) is 113 cm³/mol. The van der Waals surface area contributed by atoms with E-state index in [9.17, 15) is 18.0 Å². The number of hydrogen-bond donors (Lipinski definition) is 1. The van der Waals surface area contributed by atoms with Crippen molar-refractivity contribution in [3.05, 3.63) is 64.1 Å². The SMILES string of the molecule is COC(=O)C[C@H](NC(=O)c1cccc(N2CCCS2(=O)=O)c1)c1ccc(Br)cc1. The van der Waals surface area contributed by atoms with E-state index >= 15 is 0 Å². The number of hydrogen-bond acceptors (Lipinski definition) is 5. The van der Waals surface area contributed by atoms with Crippen LogP contribution in [0.4, 0.5) is 5.69 Å². The summed E-state index contributed by atoms with van der Waals surface area (Å²) in [6.07, 6.45) is 0.535. The maximum absolute atomic E-state index is 12.9. The second-order valence-electron chi connectivity index (χ2n) is 6.65. The summed E-state index contributed by atoms with van der Waals surface area (Å²) in [5.41, 5.74) is 1.53. The molecule has 0 bridgehead atoms. The lowest BCUT2D eigenvalue weighted by Gasteiger charge is -2.20. The Morgan fingerprint density at radius 2 is 1.93 bits per heavy atom. The second kappa shape index (κ2) is 8.96. The van der Waals surface area contributed by atoms with Crippen molar-refractivity contribution in [1.29, 1.82) is 0 Å². The Morgan fingerprint density at radius 1 is 1.21 bits per heavy atom. The zero-order valence-electron chi connectivity index (χ0n) is 15.8. The van der Waals surface area contributed by atoms with E-state index in [1.54, 1.807) is 24.3 Å². The Morgan fingerprint density at radius 3 is 2.55 bits per heavy atom. The summed E-state index contributed by atoms with van der Waals surface area (Å²) in [5.74, 6) is -0.746. The van der Waals surface area contributed by atoms with Gasteiger partial charge in [0.25, 0.3) is 5.91 Å². The monoisotopic (exact) mass is 480 g/mol. The lowest BCUT2D eigenvalue weighted by atomic mass is 10.0. The number of esters is 1. The van der Waals surface area contributed by atoms with E-state index in [1.165, 1.54) is 11.4 Å². The fourth-order valence-corrected chi connectivity index (χ4v) is 4.99. The summed E-state index contributed by atoms with van der Waals surface area (Å²) in [4.78, 5) is 24.7. The largest absolute Gasteiger partial charge is 0.469 e. The molecule has 0 aliphatic carbocycles. The van der Waals surface area contributed by atoms with Gasteiger partial charge < -0.3 is 10.1 Å². The predicted octanol–water partition coefficient (Wildman–Crippen LogP) is 3.02. The molecular formula is C20H21BrN2O5S. The van der Waals surface area contributed by atoms with Gasteiger partial charge in [0, 0.05) is 16.6 Å². The first kappa shape index (κ1) is 21.3. The van der Waals surface area contributed by atoms with Crippen LogP contribution < -0.4 is 9.62 Å². The smallest absolute Gasteiger partial charge is 0.307 e. The topological polar surface area (TPSA) is 92.8 Å². The number of carbonyl (C=O) groups excluding carboxylic acids is 2. The number of anilines is 1. The van der Waals surface area contributed by atoms with Crippen LogP contribution in [0.15, 0.2) is 53.0 Å². The van der Waals surface area contributed by atoms with Gasteiger partial charge in [0.15, 0.2) is 0 Å². The fourth-order valence-electron chi connectivity index (χ4n) is 3.17. The molecule has 2 aromatic rings. The van der Waals surface area contributed by atoms with Crippen molar-refractivity contribution in [2.75, 3.05) is 23.7 Å². The van der Waals surface area contributed by atoms with Gasteiger partial charge in [-0.2, -0.15) is 0 Å². The van der Waals surface area contributed by atoms with Crippen LogP contribution >= 0.6 is 15.9 Å². The maximum Gasteiger partial charge on any atom is 0.307 e. The van der Waals surface area contributed by atoms with Gasteiger partial charge >= 0.3 is 5.97 Å². The summed E-state index contributed by atoms with van der Waals surface area (Å²) >= 11 is 3.36. The summed E-state index contributed by atoms with van der Waals surface area (Å²) < 4.78 is 31.3. The van der Waals surface area contributed by atoms with E-state index in [1.807, 2.05) is 24.3 Å². The molecule has 29 heavy (non-hydrogen) atoms. The maximum atomic E-state index is 12.9. The molecule has 1 fully saturated rings. The van der Waals surface area contributed by atoms with Gasteiger partial charge in [0.2, 0.25) is 10.0 Å². The molecule has 0 aromatic heterocycles. The highest BCUT2D eigenvalue weighted by atomic mass is 79.9. The highest BCUT2D eigenvalue weighted by Crippen LogP contribution is 2.26. The Labute approximate surface area is 178 Å². The number of methoxy groups -OCH3 is 1. The normalized spacial score (nSPS) is 16.3. The molecule has 1 atom stereocenters. The number of sulfonamides is 1. The lowest BCUT2D eigenvalue weighted by Crippen LogP contribution is -2.31. The minimum atomic E-state index is -3.34. The molecule has 154 valence electrons. The van der Waals surface area contributed by atoms with Crippen molar-refractivity contribution in [3.63, 3.8) is 0 Å². The highest BCUT2D eigenvalue weighted by molar-refractivity contribution is 9.10. The summed E-state index contributed by atoms with van der Waals surface area (Å²) in [5, 5.41) is 2.85. The third-order valence-electron chi connectivity index (χ3n) is 4.67. The van der Waals surface area contributed by atoms with Crippen LogP contribution in [-0.4, -0.2) is 39.7 Å². The van der Waals surface area contributed by atoms with E-state index in [0.29, 0.717) is 24.2 Å². The molecule has 2 aromatic carbocycles. The van der Waals surface area contributed by atoms with Crippen molar-refractivity contribution < 1.29 is 22.7 Å². The molecule has 1 aliphatic rings. The first-order valence-electron chi connectivity index (χ1n) is 9.04. The number of nitrogens with zero attached hydrogens (tertiary/aromatic N) is 1. The van der Waals surface area contributed by atoms with Crippen LogP contribution in [0.25, 0.3) is 0 Å². The van der Waals surface area contributed by atoms with Gasteiger partial charge in [0.05, 0.1) is 31.0 Å². The third kappa shape index (κ3) is 5.16. The van der Waals surface area contributed by atoms with E-state index in [0.717, 1.165) is 10.0 Å². The van der Waals surface area contributed by atoms with Crippen molar-refractivity contribution in [2.24, 2.45) is 0 Å². The van der Waals surface area contributed by atoms with Crippen LogP contribution in [0.2, 0.25) is 0 Å². The van der Waals surface area contributed by atoms with E-state index < -0.39 is 27.9 Å². The van der Waals surface area contributed by atoms with Gasteiger partial charge in [-0.15, -0.1) is 0 Å². The number of carbonyl (C=O) groups is 2. The van der Waals surface area contributed by atoms with Crippen molar-refractivity contribution in [2.45, 2.75) is 18.9 Å². The molecule has 0 radical (unpaired) electrons. The third-order valence-corrected chi connectivity index (χ3v) is 7.07. The van der Waals surface area contributed by atoms with E-state index in [4.69, 9.17) is 4.74 Å². The molecule has 1 amide bonds. The van der Waals surface area contributed by atoms with Gasteiger partial charge in [-0.1, -0.05) is 34.1 Å². The number of halogens is 1. The molecule has 1 aliphatic heterocycles. The van der Waals surface area contributed by atoms with Crippen LogP contribution in [0.5, 0.6) is 0 Å². The van der Waals surface area contributed by atoms with E-state index in [-0.39, 0.29) is 12.2 Å². The summed E-state index contributed by atoms with van der Waals surface area (Å²) in [7, 11) is -2.04. The average Bonchev–Trinajstić information content (AvgIpc) is 3.07. The number of ether oxygens (including phenoxy) is 1. The molecule has 3 rings (SSSR count). The Balaban J connectivity index is 1.83. The Hall–Kier alpha value is -2.39. The van der Waals surface area contributed by atoms with Crippen LogP contribution in [-0.2, 0) is 19.6 Å². The number of benzene rings is 2. The molecule has 0 unspecified atom stereocenters. The van der Waals surface area contributed by atoms with Crippen molar-refractivity contribution in [3.8, 4) is 0 Å². The zero-order valence-corrected chi connectivity index (χ0v) is 18.2. The minimum absolute atomic E-state index is 0.0237. The number of rotatable bonds is 6. The number of nitrogens with one attached hydrogen (secondary N) is 1. The van der Waals surface area contributed by atoms with Gasteiger partial charge in [-0.25, -0.2) is 8.42 Å². The summed E-state index contributed by atoms with van der Waals surface area (Å²) in [6, 6.07) is 13.2. The average molecular weight is 481 g/mol. The molecule has 1 N–H and O–H groups in total. The van der Waals surface area contributed by atoms with E-state index in [2.05, 4.69) is 21.2 Å². The first-order valence-corrected chi connectivity index (χ1v) is 11.4. The molecule has 0 saturated carbocycles. The van der Waals surface area contributed by atoms with Crippen LogP contribution in [0.1, 0.15) is 34.8 Å². The Kier molecular flexibility index (Phi) is 6.59. The Bertz CT molecular complexity index is 1010. The number of amides is 1. The highest BCUT2D eigenvalue weighted by Gasteiger charge is 2.29.